The fourth-order valence-electron chi connectivity index (χ4n) is 1.65. The van der Waals surface area contributed by atoms with Gasteiger partial charge in [0, 0.05) is 12.1 Å². The summed E-state index contributed by atoms with van der Waals surface area (Å²) in [5, 5.41) is 12.0. The zero-order valence-corrected chi connectivity index (χ0v) is 8.42. The van der Waals surface area contributed by atoms with Gasteiger partial charge in [0.05, 0.1) is 6.42 Å². The third-order valence-corrected chi connectivity index (χ3v) is 2.30. The average Bonchev–Trinajstić information content (AvgIpc) is 2.67. The van der Waals surface area contributed by atoms with Crippen LogP contribution in [0.5, 0.6) is 0 Å². The number of carboxylic acid groups (broad SMARTS) is 1. The van der Waals surface area contributed by atoms with Crippen LogP contribution in [0.4, 0.5) is 0 Å². The second-order valence-electron chi connectivity index (χ2n) is 4.30. The van der Waals surface area contributed by atoms with Crippen LogP contribution < -0.4 is 5.32 Å². The van der Waals surface area contributed by atoms with E-state index in [4.69, 9.17) is 5.11 Å². The Hall–Kier alpha value is -0.570. The third kappa shape index (κ3) is 4.88. The van der Waals surface area contributed by atoms with Crippen LogP contribution in [-0.2, 0) is 4.79 Å². The molecule has 0 heterocycles. The van der Waals surface area contributed by atoms with Gasteiger partial charge in [-0.2, -0.15) is 0 Å². The van der Waals surface area contributed by atoms with Crippen molar-refractivity contribution in [3.8, 4) is 0 Å². The molecule has 1 rings (SSSR count). The summed E-state index contributed by atoms with van der Waals surface area (Å²) in [5.74, 6) is 0.0920. The second-order valence-corrected chi connectivity index (χ2v) is 4.30. The van der Waals surface area contributed by atoms with Gasteiger partial charge in [-0.3, -0.25) is 4.79 Å². The standard InChI is InChI=1S/C10H19NO2/c1-7(2)11-9(6-10(12)13)5-8-3-4-8/h7-9,11H,3-6H2,1-2H3,(H,12,13). The van der Waals surface area contributed by atoms with Gasteiger partial charge >= 0.3 is 5.97 Å². The molecule has 3 heteroatoms. The lowest BCUT2D eigenvalue weighted by molar-refractivity contribution is -0.137. The van der Waals surface area contributed by atoms with E-state index in [9.17, 15) is 4.79 Å². The third-order valence-electron chi connectivity index (χ3n) is 2.30. The molecule has 2 N–H and O–H groups in total. The van der Waals surface area contributed by atoms with Crippen molar-refractivity contribution in [1.29, 1.82) is 0 Å². The molecule has 1 aliphatic rings. The Labute approximate surface area is 79.5 Å². The Morgan fingerprint density at radius 1 is 1.54 bits per heavy atom. The summed E-state index contributed by atoms with van der Waals surface area (Å²) in [6.07, 6.45) is 3.87. The van der Waals surface area contributed by atoms with Crippen molar-refractivity contribution in [2.24, 2.45) is 5.92 Å². The molecule has 1 unspecified atom stereocenters. The minimum atomic E-state index is -0.696. The highest BCUT2D eigenvalue weighted by molar-refractivity contribution is 5.67. The van der Waals surface area contributed by atoms with Gasteiger partial charge in [-0.05, 0) is 12.3 Å². The Kier molecular flexibility index (Phi) is 3.72. The number of rotatable bonds is 6. The van der Waals surface area contributed by atoms with E-state index in [2.05, 4.69) is 19.2 Å². The molecule has 3 nitrogen and oxygen atoms in total. The lowest BCUT2D eigenvalue weighted by Gasteiger charge is -2.19. The van der Waals surface area contributed by atoms with Crippen LogP contribution >= 0.6 is 0 Å². The van der Waals surface area contributed by atoms with E-state index in [1.165, 1.54) is 12.8 Å². The monoisotopic (exact) mass is 185 g/mol. The molecule has 0 aliphatic heterocycles. The van der Waals surface area contributed by atoms with Crippen LogP contribution in [0, 0.1) is 5.92 Å². The molecule has 0 amide bonds. The van der Waals surface area contributed by atoms with Crippen LogP contribution in [-0.4, -0.2) is 23.2 Å². The summed E-state index contributed by atoms with van der Waals surface area (Å²) >= 11 is 0. The van der Waals surface area contributed by atoms with Gasteiger partial charge in [-0.1, -0.05) is 26.7 Å². The van der Waals surface area contributed by atoms with E-state index in [0.29, 0.717) is 6.04 Å². The van der Waals surface area contributed by atoms with E-state index in [0.717, 1.165) is 12.3 Å². The highest BCUT2D eigenvalue weighted by atomic mass is 16.4. The van der Waals surface area contributed by atoms with Crippen molar-refractivity contribution in [2.45, 2.75) is 51.6 Å². The minimum Gasteiger partial charge on any atom is -0.481 e. The highest BCUT2D eigenvalue weighted by Crippen LogP contribution is 2.34. The maximum absolute atomic E-state index is 10.6. The number of aliphatic carboxylic acids is 1. The van der Waals surface area contributed by atoms with Gasteiger partial charge in [-0.15, -0.1) is 0 Å². The lowest BCUT2D eigenvalue weighted by Crippen LogP contribution is -2.36. The topological polar surface area (TPSA) is 49.3 Å². The lowest BCUT2D eigenvalue weighted by atomic mass is 10.1. The van der Waals surface area contributed by atoms with E-state index in [-0.39, 0.29) is 12.5 Å². The quantitative estimate of drug-likeness (QED) is 0.661. The molecule has 0 aromatic carbocycles. The number of carbonyl (C=O) groups is 1. The Morgan fingerprint density at radius 2 is 2.15 bits per heavy atom. The average molecular weight is 185 g/mol. The fraction of sp³-hybridized carbons (Fsp3) is 0.900. The maximum Gasteiger partial charge on any atom is 0.304 e. The summed E-state index contributed by atoms with van der Waals surface area (Å²) in [6.45, 7) is 4.11. The van der Waals surface area contributed by atoms with E-state index in [1.807, 2.05) is 0 Å². The SMILES string of the molecule is CC(C)NC(CC(=O)O)CC1CC1. The fourth-order valence-corrected chi connectivity index (χ4v) is 1.65. The van der Waals surface area contributed by atoms with Crippen LogP contribution in [0.2, 0.25) is 0 Å². The molecular formula is C10H19NO2. The van der Waals surface area contributed by atoms with Crippen LogP contribution in [0.1, 0.15) is 39.5 Å². The molecule has 0 saturated heterocycles. The number of carboxylic acids is 1. The summed E-state index contributed by atoms with van der Waals surface area (Å²) in [5.41, 5.74) is 0. The second kappa shape index (κ2) is 4.61. The Balaban J connectivity index is 2.27. The first-order chi connectivity index (χ1) is 6.08. The van der Waals surface area contributed by atoms with Crippen molar-refractivity contribution in [3.05, 3.63) is 0 Å². The smallest absolute Gasteiger partial charge is 0.304 e. The summed E-state index contributed by atoms with van der Waals surface area (Å²) < 4.78 is 0. The predicted octanol–water partition coefficient (Wildman–Crippen LogP) is 1.63. The predicted molar refractivity (Wildman–Crippen MR) is 51.7 cm³/mol. The molecule has 0 aromatic rings. The molecule has 0 aromatic heterocycles. The summed E-state index contributed by atoms with van der Waals surface area (Å²) in [6, 6.07) is 0.549. The molecule has 13 heavy (non-hydrogen) atoms. The van der Waals surface area contributed by atoms with Crippen molar-refractivity contribution in [1.82, 2.24) is 5.32 Å². The van der Waals surface area contributed by atoms with Crippen molar-refractivity contribution >= 4 is 5.97 Å². The van der Waals surface area contributed by atoms with Crippen LogP contribution in [0.3, 0.4) is 0 Å². The molecule has 1 saturated carbocycles. The minimum absolute atomic E-state index is 0.171. The first-order valence-electron chi connectivity index (χ1n) is 5.05. The van der Waals surface area contributed by atoms with Gasteiger partial charge in [0.2, 0.25) is 0 Å². The van der Waals surface area contributed by atoms with Gasteiger partial charge in [0.1, 0.15) is 0 Å². The molecule has 1 atom stereocenters. The van der Waals surface area contributed by atoms with E-state index in [1.54, 1.807) is 0 Å². The molecule has 0 radical (unpaired) electrons. The summed E-state index contributed by atoms with van der Waals surface area (Å²) in [7, 11) is 0. The van der Waals surface area contributed by atoms with Gasteiger partial charge in [0.25, 0.3) is 0 Å². The van der Waals surface area contributed by atoms with E-state index >= 15 is 0 Å². The summed E-state index contributed by atoms with van der Waals surface area (Å²) in [4.78, 5) is 10.6. The molecular weight excluding hydrogens is 166 g/mol. The van der Waals surface area contributed by atoms with E-state index < -0.39 is 5.97 Å². The highest BCUT2D eigenvalue weighted by Gasteiger charge is 2.26. The number of hydrogen-bond donors (Lipinski definition) is 2. The zero-order valence-electron chi connectivity index (χ0n) is 8.42. The maximum atomic E-state index is 10.6. The van der Waals surface area contributed by atoms with Gasteiger partial charge in [-0.25, -0.2) is 0 Å². The van der Waals surface area contributed by atoms with Crippen LogP contribution in [0.15, 0.2) is 0 Å². The van der Waals surface area contributed by atoms with Gasteiger partial charge in [0.15, 0.2) is 0 Å². The normalized spacial score (nSPS) is 19.0. The molecule has 0 bridgehead atoms. The Bertz CT molecular complexity index is 172. The van der Waals surface area contributed by atoms with Crippen molar-refractivity contribution < 1.29 is 9.90 Å². The molecule has 76 valence electrons. The first kappa shape index (κ1) is 10.5. The molecule has 1 aliphatic carbocycles. The van der Waals surface area contributed by atoms with Crippen molar-refractivity contribution in [3.63, 3.8) is 0 Å². The largest absolute Gasteiger partial charge is 0.481 e. The molecule has 0 spiro atoms. The van der Waals surface area contributed by atoms with Gasteiger partial charge < -0.3 is 10.4 Å². The Morgan fingerprint density at radius 3 is 2.54 bits per heavy atom. The zero-order chi connectivity index (χ0) is 9.84. The number of nitrogens with one attached hydrogen (secondary N) is 1. The molecule has 1 fully saturated rings. The van der Waals surface area contributed by atoms with Crippen LogP contribution in [0.25, 0.3) is 0 Å². The first-order valence-corrected chi connectivity index (χ1v) is 5.05. The number of hydrogen-bond acceptors (Lipinski definition) is 2. The van der Waals surface area contributed by atoms with Crippen molar-refractivity contribution in [2.75, 3.05) is 0 Å².